The molecule has 2 N–H and O–H groups in total. The van der Waals surface area contributed by atoms with E-state index in [0.717, 1.165) is 11.3 Å². The van der Waals surface area contributed by atoms with E-state index in [1.807, 2.05) is 6.07 Å². The molecule has 1 nitrogen and oxygen atoms in total. The third kappa shape index (κ3) is 2.01. The van der Waals surface area contributed by atoms with Gasteiger partial charge in [0.15, 0.2) is 0 Å². The summed E-state index contributed by atoms with van der Waals surface area (Å²) in [5.41, 5.74) is 16.0. The van der Waals surface area contributed by atoms with E-state index in [-0.39, 0.29) is 0 Å². The van der Waals surface area contributed by atoms with Crippen molar-refractivity contribution in [3.8, 4) is 11.1 Å². The van der Waals surface area contributed by atoms with Crippen LogP contribution in [0.2, 0.25) is 0 Å². The second-order valence-corrected chi connectivity index (χ2v) is 5.23. The van der Waals surface area contributed by atoms with E-state index in [4.69, 9.17) is 5.73 Å². The fraction of sp³-hybridized carbons (Fsp3) is 0.294. The van der Waals surface area contributed by atoms with Crippen LogP contribution in [-0.4, -0.2) is 0 Å². The summed E-state index contributed by atoms with van der Waals surface area (Å²) in [4.78, 5) is 0. The third-order valence-corrected chi connectivity index (χ3v) is 3.84. The molecule has 1 heteroatoms. The first kappa shape index (κ1) is 12.7. The lowest BCUT2D eigenvalue weighted by molar-refractivity contribution is 1.24. The molecular formula is C17H21N. The predicted octanol–water partition coefficient (Wildman–Crippen LogP) is 4.48. The Bertz CT molecular complexity index is 583. The number of nitrogen functional groups attached to an aromatic ring is 1. The van der Waals surface area contributed by atoms with Gasteiger partial charge in [-0.05, 0) is 74.6 Å². The lowest BCUT2D eigenvalue weighted by Crippen LogP contribution is -1.98. The minimum atomic E-state index is 0.858. The summed E-state index contributed by atoms with van der Waals surface area (Å²) in [6, 6.07) is 8.50. The molecule has 2 aromatic rings. The van der Waals surface area contributed by atoms with Gasteiger partial charge in [0.25, 0.3) is 0 Å². The summed E-state index contributed by atoms with van der Waals surface area (Å²) < 4.78 is 0. The van der Waals surface area contributed by atoms with Crippen LogP contribution in [-0.2, 0) is 0 Å². The molecule has 0 aliphatic heterocycles. The molecule has 0 saturated carbocycles. The molecule has 0 spiro atoms. The number of aryl methyl sites for hydroxylation is 3. The molecule has 0 saturated heterocycles. The van der Waals surface area contributed by atoms with E-state index in [9.17, 15) is 0 Å². The van der Waals surface area contributed by atoms with Gasteiger partial charge in [0, 0.05) is 11.3 Å². The Morgan fingerprint density at radius 1 is 0.778 bits per heavy atom. The molecule has 0 atom stereocenters. The molecule has 0 aliphatic rings. The molecule has 2 aromatic carbocycles. The van der Waals surface area contributed by atoms with Gasteiger partial charge >= 0.3 is 0 Å². The molecule has 0 aliphatic carbocycles. The third-order valence-electron chi connectivity index (χ3n) is 3.84. The number of nitrogens with two attached hydrogens (primary N) is 1. The van der Waals surface area contributed by atoms with Crippen LogP contribution < -0.4 is 5.73 Å². The normalized spacial score (nSPS) is 10.7. The SMILES string of the molecule is Cc1ccc(N)c(-c2c(C)c(C)cc(C)c2C)c1. The van der Waals surface area contributed by atoms with Crippen molar-refractivity contribution in [2.24, 2.45) is 0 Å². The number of rotatable bonds is 1. The predicted molar refractivity (Wildman–Crippen MR) is 80.0 cm³/mol. The molecule has 94 valence electrons. The number of hydrogen-bond acceptors (Lipinski definition) is 1. The van der Waals surface area contributed by atoms with Gasteiger partial charge in [-0.25, -0.2) is 0 Å². The Hall–Kier alpha value is -1.76. The van der Waals surface area contributed by atoms with Crippen molar-refractivity contribution in [3.63, 3.8) is 0 Å². The van der Waals surface area contributed by atoms with E-state index < -0.39 is 0 Å². The van der Waals surface area contributed by atoms with Crippen LogP contribution >= 0.6 is 0 Å². The van der Waals surface area contributed by atoms with E-state index in [0.29, 0.717) is 0 Å². The summed E-state index contributed by atoms with van der Waals surface area (Å²) in [6.45, 7) is 10.8. The smallest absolute Gasteiger partial charge is 0.0394 e. The Labute approximate surface area is 110 Å². The quantitative estimate of drug-likeness (QED) is 0.730. The first-order valence-corrected chi connectivity index (χ1v) is 6.35. The van der Waals surface area contributed by atoms with Crippen molar-refractivity contribution >= 4 is 5.69 Å². The summed E-state index contributed by atoms with van der Waals surface area (Å²) in [6.07, 6.45) is 0. The average Bonchev–Trinajstić information content (AvgIpc) is 2.31. The van der Waals surface area contributed by atoms with Gasteiger partial charge in [-0.3, -0.25) is 0 Å². The summed E-state index contributed by atoms with van der Waals surface area (Å²) in [5, 5.41) is 0. The lowest BCUT2D eigenvalue weighted by atomic mass is 9.88. The van der Waals surface area contributed by atoms with E-state index >= 15 is 0 Å². The lowest BCUT2D eigenvalue weighted by Gasteiger charge is -2.17. The Morgan fingerprint density at radius 2 is 1.33 bits per heavy atom. The Morgan fingerprint density at radius 3 is 1.89 bits per heavy atom. The fourth-order valence-electron chi connectivity index (χ4n) is 2.51. The molecule has 2 rings (SSSR count). The molecular weight excluding hydrogens is 218 g/mol. The second kappa shape index (κ2) is 4.49. The van der Waals surface area contributed by atoms with Crippen LogP contribution in [0, 0.1) is 34.6 Å². The molecule has 0 unspecified atom stereocenters. The van der Waals surface area contributed by atoms with Crippen molar-refractivity contribution in [2.75, 3.05) is 5.73 Å². The number of anilines is 1. The van der Waals surface area contributed by atoms with Crippen molar-refractivity contribution in [3.05, 3.63) is 52.1 Å². The standard InChI is InChI=1S/C17H21N/c1-10-6-7-16(18)15(8-10)17-13(4)11(2)9-12(3)14(17)5/h6-9H,18H2,1-5H3. The van der Waals surface area contributed by atoms with Gasteiger partial charge in [-0.2, -0.15) is 0 Å². The van der Waals surface area contributed by atoms with Gasteiger partial charge < -0.3 is 5.73 Å². The number of hydrogen-bond donors (Lipinski definition) is 1. The molecule has 0 aromatic heterocycles. The van der Waals surface area contributed by atoms with E-state index in [2.05, 4.69) is 52.8 Å². The largest absolute Gasteiger partial charge is 0.398 e. The van der Waals surface area contributed by atoms with Crippen LogP contribution in [0.25, 0.3) is 11.1 Å². The summed E-state index contributed by atoms with van der Waals surface area (Å²) in [7, 11) is 0. The fourth-order valence-corrected chi connectivity index (χ4v) is 2.51. The van der Waals surface area contributed by atoms with Crippen LogP contribution in [0.15, 0.2) is 24.3 Å². The number of benzene rings is 2. The van der Waals surface area contributed by atoms with Gasteiger partial charge in [0.1, 0.15) is 0 Å². The zero-order chi connectivity index (χ0) is 13.4. The highest BCUT2D eigenvalue weighted by Gasteiger charge is 2.12. The first-order chi connectivity index (χ1) is 8.41. The topological polar surface area (TPSA) is 26.0 Å². The minimum Gasteiger partial charge on any atom is -0.398 e. The minimum absolute atomic E-state index is 0.858. The maximum Gasteiger partial charge on any atom is 0.0394 e. The molecule has 0 radical (unpaired) electrons. The average molecular weight is 239 g/mol. The first-order valence-electron chi connectivity index (χ1n) is 6.35. The van der Waals surface area contributed by atoms with Crippen LogP contribution in [0.1, 0.15) is 27.8 Å². The molecule has 0 fully saturated rings. The summed E-state index contributed by atoms with van der Waals surface area (Å²) in [5.74, 6) is 0. The van der Waals surface area contributed by atoms with Crippen molar-refractivity contribution in [2.45, 2.75) is 34.6 Å². The molecule has 0 bridgehead atoms. The van der Waals surface area contributed by atoms with Crippen molar-refractivity contribution in [1.29, 1.82) is 0 Å². The van der Waals surface area contributed by atoms with Crippen LogP contribution in [0.3, 0.4) is 0 Å². The van der Waals surface area contributed by atoms with Crippen molar-refractivity contribution < 1.29 is 0 Å². The van der Waals surface area contributed by atoms with Crippen molar-refractivity contribution in [1.82, 2.24) is 0 Å². The zero-order valence-corrected chi connectivity index (χ0v) is 11.9. The van der Waals surface area contributed by atoms with E-state index in [1.165, 1.54) is 33.4 Å². The highest BCUT2D eigenvalue weighted by Crippen LogP contribution is 2.35. The molecule has 0 heterocycles. The van der Waals surface area contributed by atoms with Crippen LogP contribution in [0.5, 0.6) is 0 Å². The van der Waals surface area contributed by atoms with E-state index in [1.54, 1.807) is 0 Å². The highest BCUT2D eigenvalue weighted by molar-refractivity contribution is 5.82. The Kier molecular flexibility index (Phi) is 3.16. The monoisotopic (exact) mass is 239 g/mol. The molecule has 0 amide bonds. The maximum absolute atomic E-state index is 6.16. The summed E-state index contributed by atoms with van der Waals surface area (Å²) >= 11 is 0. The highest BCUT2D eigenvalue weighted by atomic mass is 14.6. The zero-order valence-electron chi connectivity index (χ0n) is 11.9. The van der Waals surface area contributed by atoms with Gasteiger partial charge in [0.05, 0.1) is 0 Å². The van der Waals surface area contributed by atoms with Crippen LogP contribution in [0.4, 0.5) is 5.69 Å². The maximum atomic E-state index is 6.16. The Balaban J connectivity index is 2.82. The molecule has 18 heavy (non-hydrogen) atoms. The van der Waals surface area contributed by atoms with Gasteiger partial charge in [0.2, 0.25) is 0 Å². The van der Waals surface area contributed by atoms with Gasteiger partial charge in [-0.1, -0.05) is 17.7 Å². The van der Waals surface area contributed by atoms with Gasteiger partial charge in [-0.15, -0.1) is 0 Å². The second-order valence-electron chi connectivity index (χ2n) is 5.23.